The molecular formula is C18H32N2O3. The van der Waals surface area contributed by atoms with Crippen LogP contribution < -0.4 is 0 Å². The maximum absolute atomic E-state index is 9.94. The number of aliphatic hydroxyl groups excluding tert-OH is 2. The van der Waals surface area contributed by atoms with E-state index in [2.05, 4.69) is 9.80 Å². The minimum atomic E-state index is -0.500. The molecule has 0 saturated carbocycles. The van der Waals surface area contributed by atoms with Gasteiger partial charge in [0.1, 0.15) is 0 Å². The molecule has 0 aromatic heterocycles. The van der Waals surface area contributed by atoms with Gasteiger partial charge in [-0.05, 0) is 64.0 Å². The Morgan fingerprint density at radius 2 is 1.09 bits per heavy atom. The van der Waals surface area contributed by atoms with Gasteiger partial charge in [-0.3, -0.25) is 0 Å². The van der Waals surface area contributed by atoms with E-state index < -0.39 is 12.2 Å². The predicted octanol–water partition coefficient (Wildman–Crippen LogP) is 1.72. The fraction of sp³-hybridized carbons (Fsp3) is 0.778. The van der Waals surface area contributed by atoms with E-state index in [0.29, 0.717) is 13.1 Å². The third kappa shape index (κ3) is 7.97. The second kappa shape index (κ2) is 10.8. The summed E-state index contributed by atoms with van der Waals surface area (Å²) >= 11 is 0. The van der Waals surface area contributed by atoms with Crippen LogP contribution in [0.4, 0.5) is 0 Å². The quantitative estimate of drug-likeness (QED) is 0.666. The van der Waals surface area contributed by atoms with Crippen molar-refractivity contribution >= 4 is 0 Å². The first-order valence-electron chi connectivity index (χ1n) is 9.03. The fourth-order valence-electron chi connectivity index (χ4n) is 3.25. The molecule has 0 aromatic rings. The zero-order valence-corrected chi connectivity index (χ0v) is 14.1. The number of hydrogen-bond acceptors (Lipinski definition) is 5. The second-order valence-corrected chi connectivity index (χ2v) is 6.65. The summed E-state index contributed by atoms with van der Waals surface area (Å²) in [5, 5.41) is 19.9. The Balaban J connectivity index is 1.56. The van der Waals surface area contributed by atoms with Crippen LogP contribution >= 0.6 is 0 Å². The van der Waals surface area contributed by atoms with E-state index in [1.807, 2.05) is 0 Å². The summed E-state index contributed by atoms with van der Waals surface area (Å²) in [4.78, 5) is 4.58. The zero-order chi connectivity index (χ0) is 16.3. The van der Waals surface area contributed by atoms with Crippen LogP contribution in [0, 0.1) is 0 Å². The predicted molar refractivity (Wildman–Crippen MR) is 92.0 cm³/mol. The van der Waals surface area contributed by atoms with Crippen molar-refractivity contribution in [3.05, 3.63) is 24.7 Å². The molecule has 2 aliphatic heterocycles. The molecule has 0 radical (unpaired) electrons. The van der Waals surface area contributed by atoms with Crippen molar-refractivity contribution in [1.29, 1.82) is 0 Å². The van der Waals surface area contributed by atoms with Crippen LogP contribution in [0.5, 0.6) is 0 Å². The molecule has 2 atom stereocenters. The maximum atomic E-state index is 9.94. The van der Waals surface area contributed by atoms with Crippen molar-refractivity contribution in [3.8, 4) is 0 Å². The van der Waals surface area contributed by atoms with Crippen LogP contribution in [0.3, 0.4) is 0 Å². The van der Waals surface area contributed by atoms with Crippen LogP contribution in [0.1, 0.15) is 38.5 Å². The summed E-state index contributed by atoms with van der Waals surface area (Å²) in [5.41, 5.74) is 0. The van der Waals surface area contributed by atoms with Crippen molar-refractivity contribution in [2.45, 2.75) is 50.7 Å². The van der Waals surface area contributed by atoms with Gasteiger partial charge in [-0.15, -0.1) is 0 Å². The van der Waals surface area contributed by atoms with Crippen molar-refractivity contribution in [3.63, 3.8) is 0 Å². The highest BCUT2D eigenvalue weighted by atomic mass is 16.5. The number of ether oxygens (including phenoxy) is 1. The van der Waals surface area contributed by atoms with Gasteiger partial charge in [0.05, 0.1) is 24.7 Å². The molecular weight excluding hydrogens is 292 g/mol. The van der Waals surface area contributed by atoms with Gasteiger partial charge < -0.3 is 24.7 Å². The Labute approximate surface area is 140 Å². The van der Waals surface area contributed by atoms with E-state index in [9.17, 15) is 10.2 Å². The summed E-state index contributed by atoms with van der Waals surface area (Å²) in [7, 11) is 0. The summed E-state index contributed by atoms with van der Waals surface area (Å²) in [5.74, 6) is 0. The molecule has 0 bridgehead atoms. The van der Waals surface area contributed by atoms with Crippen molar-refractivity contribution in [2.24, 2.45) is 0 Å². The Morgan fingerprint density at radius 1 is 0.696 bits per heavy atom. The van der Waals surface area contributed by atoms with Crippen molar-refractivity contribution in [2.75, 3.05) is 39.3 Å². The lowest BCUT2D eigenvalue weighted by Crippen LogP contribution is -2.35. The third-order valence-electron chi connectivity index (χ3n) is 4.55. The Morgan fingerprint density at radius 3 is 1.48 bits per heavy atom. The molecule has 2 fully saturated rings. The third-order valence-corrected chi connectivity index (χ3v) is 4.55. The molecule has 2 saturated heterocycles. The highest BCUT2D eigenvalue weighted by molar-refractivity contribution is 4.90. The van der Waals surface area contributed by atoms with E-state index in [1.165, 1.54) is 51.0 Å². The van der Waals surface area contributed by atoms with Crippen molar-refractivity contribution < 1.29 is 14.9 Å². The van der Waals surface area contributed by atoms with Gasteiger partial charge in [-0.1, -0.05) is 12.8 Å². The van der Waals surface area contributed by atoms with Crippen LogP contribution in [-0.2, 0) is 4.74 Å². The summed E-state index contributed by atoms with van der Waals surface area (Å²) in [6.45, 7) is 5.65. The van der Waals surface area contributed by atoms with Gasteiger partial charge in [0.25, 0.3) is 0 Å². The van der Waals surface area contributed by atoms with E-state index in [0.717, 1.165) is 26.2 Å². The van der Waals surface area contributed by atoms with Crippen LogP contribution in [0.25, 0.3) is 0 Å². The standard InChI is InChI=1S/C18H32N2O3/c21-17(15-19-9-3-1-4-10-19)7-13-23-14-8-18(22)16-20-11-5-2-6-12-20/h7-8,13-14,17-18,21-22H,1-6,9-12,15-16H2. The minimum Gasteiger partial charge on any atom is -0.473 e. The normalized spacial score (nSPS) is 24.3. The number of β-amino-alcohol motifs (C(OH)–C–C–N with tert-alkyl or cyclic N) is 2. The lowest BCUT2D eigenvalue weighted by atomic mass is 10.1. The largest absolute Gasteiger partial charge is 0.473 e. The molecule has 0 amide bonds. The van der Waals surface area contributed by atoms with Crippen LogP contribution in [0.2, 0.25) is 0 Å². The second-order valence-electron chi connectivity index (χ2n) is 6.65. The van der Waals surface area contributed by atoms with Gasteiger partial charge in [0, 0.05) is 13.1 Å². The Kier molecular flexibility index (Phi) is 8.68. The number of hydrogen-bond donors (Lipinski definition) is 2. The van der Waals surface area contributed by atoms with E-state index in [1.54, 1.807) is 12.2 Å². The smallest absolute Gasteiger partial charge is 0.0887 e. The first-order valence-corrected chi connectivity index (χ1v) is 9.03. The number of likely N-dealkylation sites (tertiary alicyclic amines) is 2. The highest BCUT2D eigenvalue weighted by Crippen LogP contribution is 2.10. The summed E-state index contributed by atoms with van der Waals surface area (Å²) < 4.78 is 5.24. The average molecular weight is 324 g/mol. The van der Waals surface area contributed by atoms with Gasteiger partial charge in [-0.2, -0.15) is 0 Å². The molecule has 2 aliphatic rings. The van der Waals surface area contributed by atoms with Crippen molar-refractivity contribution in [1.82, 2.24) is 9.80 Å². The maximum Gasteiger partial charge on any atom is 0.0887 e. The zero-order valence-electron chi connectivity index (χ0n) is 14.1. The lowest BCUT2D eigenvalue weighted by molar-refractivity contribution is 0.128. The van der Waals surface area contributed by atoms with Gasteiger partial charge >= 0.3 is 0 Å². The number of piperidine rings is 2. The van der Waals surface area contributed by atoms with E-state index in [4.69, 9.17) is 4.74 Å². The summed E-state index contributed by atoms with van der Waals surface area (Å²) in [6, 6.07) is 0. The Hall–Kier alpha value is -0.880. The van der Waals surface area contributed by atoms with Crippen LogP contribution in [-0.4, -0.2) is 71.5 Å². The van der Waals surface area contributed by atoms with E-state index >= 15 is 0 Å². The molecule has 2 heterocycles. The number of rotatable bonds is 8. The molecule has 5 heteroatoms. The Bertz CT molecular complexity index is 327. The minimum absolute atomic E-state index is 0.500. The molecule has 2 unspecified atom stereocenters. The molecule has 5 nitrogen and oxygen atoms in total. The first kappa shape index (κ1) is 18.5. The molecule has 2 rings (SSSR count). The topological polar surface area (TPSA) is 56.2 Å². The molecule has 132 valence electrons. The number of aliphatic hydroxyl groups is 2. The molecule has 0 aromatic carbocycles. The van der Waals surface area contributed by atoms with Gasteiger partial charge in [0.2, 0.25) is 0 Å². The fourth-order valence-corrected chi connectivity index (χ4v) is 3.25. The molecule has 0 spiro atoms. The lowest BCUT2D eigenvalue weighted by Gasteiger charge is -2.27. The molecule has 0 aliphatic carbocycles. The van der Waals surface area contributed by atoms with E-state index in [-0.39, 0.29) is 0 Å². The number of nitrogens with zero attached hydrogens (tertiary/aromatic N) is 2. The molecule has 23 heavy (non-hydrogen) atoms. The van der Waals surface area contributed by atoms with Gasteiger partial charge in [0.15, 0.2) is 0 Å². The monoisotopic (exact) mass is 324 g/mol. The first-order chi connectivity index (χ1) is 11.2. The average Bonchev–Trinajstić information content (AvgIpc) is 2.56. The van der Waals surface area contributed by atoms with Crippen LogP contribution in [0.15, 0.2) is 24.7 Å². The highest BCUT2D eigenvalue weighted by Gasteiger charge is 2.13. The molecule has 2 N–H and O–H groups in total. The summed E-state index contributed by atoms with van der Waals surface area (Å²) in [6.07, 6.45) is 12.8. The SMILES string of the molecule is OC(C=COC=CC(O)CN1CCCCC1)CN1CCCCC1. The van der Waals surface area contributed by atoms with Gasteiger partial charge in [-0.25, -0.2) is 0 Å².